The molecule has 28 heavy (non-hydrogen) atoms. The van der Waals surface area contributed by atoms with Crippen molar-refractivity contribution in [3.63, 3.8) is 0 Å². The lowest BCUT2D eigenvalue weighted by molar-refractivity contribution is 0.0342. The van der Waals surface area contributed by atoms with Crippen molar-refractivity contribution in [2.45, 2.75) is 38.3 Å². The maximum absolute atomic E-state index is 12.5. The Labute approximate surface area is 166 Å². The fourth-order valence-electron chi connectivity index (χ4n) is 3.80. The van der Waals surface area contributed by atoms with Crippen LogP contribution >= 0.6 is 0 Å². The molecule has 0 spiro atoms. The number of ether oxygens (including phenoxy) is 2. The minimum Gasteiger partial charge on any atom is -0.490 e. The van der Waals surface area contributed by atoms with E-state index in [1.165, 1.54) is 18.4 Å². The molecule has 2 aliphatic rings. The summed E-state index contributed by atoms with van der Waals surface area (Å²) < 4.78 is 11.3. The van der Waals surface area contributed by atoms with Gasteiger partial charge in [0.1, 0.15) is 5.75 Å². The summed E-state index contributed by atoms with van der Waals surface area (Å²) in [4.78, 5) is 14.9. The van der Waals surface area contributed by atoms with Crippen molar-refractivity contribution in [3.05, 3.63) is 59.7 Å². The Balaban J connectivity index is 1.30. The zero-order valence-corrected chi connectivity index (χ0v) is 16.2. The second-order valence-corrected chi connectivity index (χ2v) is 7.59. The number of anilines is 1. The standard InChI is InChI=1S/C23H28N2O3/c26-23(19-7-11-22(12-8-19)28-21-3-1-2-4-21)24-20-9-5-18(6-10-20)17-25-13-15-27-16-14-25/h5-12,21H,1-4,13-17H2,(H,24,26). The zero-order chi connectivity index (χ0) is 19.2. The Kier molecular flexibility index (Phi) is 6.24. The molecule has 1 saturated heterocycles. The Morgan fingerprint density at radius 2 is 1.68 bits per heavy atom. The van der Waals surface area contributed by atoms with Crippen LogP contribution < -0.4 is 10.1 Å². The largest absolute Gasteiger partial charge is 0.490 e. The van der Waals surface area contributed by atoms with Crippen molar-refractivity contribution >= 4 is 11.6 Å². The van der Waals surface area contributed by atoms with E-state index >= 15 is 0 Å². The predicted octanol–water partition coefficient (Wildman–Crippen LogP) is 4.09. The molecular formula is C23H28N2O3. The molecule has 5 heteroatoms. The summed E-state index contributed by atoms with van der Waals surface area (Å²) in [5, 5.41) is 2.97. The number of hydrogen-bond acceptors (Lipinski definition) is 4. The Morgan fingerprint density at radius 3 is 2.36 bits per heavy atom. The molecule has 2 aromatic rings. The van der Waals surface area contributed by atoms with Crippen molar-refractivity contribution < 1.29 is 14.3 Å². The summed E-state index contributed by atoms with van der Waals surface area (Å²) >= 11 is 0. The molecule has 1 aliphatic carbocycles. The van der Waals surface area contributed by atoms with Gasteiger partial charge in [0.2, 0.25) is 0 Å². The van der Waals surface area contributed by atoms with Crippen LogP contribution in [-0.2, 0) is 11.3 Å². The van der Waals surface area contributed by atoms with E-state index in [0.29, 0.717) is 11.7 Å². The number of nitrogens with zero attached hydrogens (tertiary/aromatic N) is 1. The summed E-state index contributed by atoms with van der Waals surface area (Å²) in [5.41, 5.74) is 2.69. The van der Waals surface area contributed by atoms with Crippen LogP contribution in [0.25, 0.3) is 0 Å². The lowest BCUT2D eigenvalue weighted by Gasteiger charge is -2.26. The van der Waals surface area contributed by atoms with Crippen molar-refractivity contribution in [3.8, 4) is 5.75 Å². The fraction of sp³-hybridized carbons (Fsp3) is 0.435. The zero-order valence-electron chi connectivity index (χ0n) is 16.2. The quantitative estimate of drug-likeness (QED) is 0.820. The first-order valence-electron chi connectivity index (χ1n) is 10.2. The van der Waals surface area contributed by atoms with Gasteiger partial charge < -0.3 is 14.8 Å². The monoisotopic (exact) mass is 380 g/mol. The van der Waals surface area contributed by atoms with Gasteiger partial charge in [-0.1, -0.05) is 12.1 Å². The van der Waals surface area contributed by atoms with Crippen LogP contribution in [0.1, 0.15) is 41.6 Å². The SMILES string of the molecule is O=C(Nc1ccc(CN2CCOCC2)cc1)c1ccc(OC2CCCC2)cc1. The van der Waals surface area contributed by atoms with Gasteiger partial charge in [-0.15, -0.1) is 0 Å². The number of nitrogens with one attached hydrogen (secondary N) is 1. The van der Waals surface area contributed by atoms with Gasteiger partial charge in [-0.3, -0.25) is 9.69 Å². The van der Waals surface area contributed by atoms with Crippen LogP contribution in [0, 0.1) is 0 Å². The van der Waals surface area contributed by atoms with Crippen molar-refractivity contribution in [1.82, 2.24) is 4.90 Å². The van der Waals surface area contributed by atoms with Gasteiger partial charge in [0.05, 0.1) is 19.3 Å². The first kappa shape index (κ1) is 19.0. The molecule has 1 amide bonds. The van der Waals surface area contributed by atoms with Crippen LogP contribution in [0.3, 0.4) is 0 Å². The van der Waals surface area contributed by atoms with Crippen LogP contribution in [0.15, 0.2) is 48.5 Å². The van der Waals surface area contributed by atoms with E-state index in [1.54, 1.807) is 0 Å². The highest BCUT2D eigenvalue weighted by atomic mass is 16.5. The van der Waals surface area contributed by atoms with Gasteiger partial charge in [0.25, 0.3) is 5.91 Å². The normalized spacial score (nSPS) is 18.1. The van der Waals surface area contributed by atoms with E-state index < -0.39 is 0 Å². The molecular weight excluding hydrogens is 352 g/mol. The maximum atomic E-state index is 12.5. The Bertz CT molecular complexity index is 761. The lowest BCUT2D eigenvalue weighted by Crippen LogP contribution is -2.35. The summed E-state index contributed by atoms with van der Waals surface area (Å²) in [5.74, 6) is 0.740. The van der Waals surface area contributed by atoms with Gasteiger partial charge in [-0.2, -0.15) is 0 Å². The molecule has 4 rings (SSSR count). The number of morpholine rings is 1. The summed E-state index contributed by atoms with van der Waals surface area (Å²) in [6.45, 7) is 4.47. The molecule has 5 nitrogen and oxygen atoms in total. The first-order valence-corrected chi connectivity index (χ1v) is 10.2. The smallest absolute Gasteiger partial charge is 0.255 e. The molecule has 1 saturated carbocycles. The molecule has 1 N–H and O–H groups in total. The second kappa shape index (κ2) is 9.22. The molecule has 1 heterocycles. The Hall–Kier alpha value is -2.37. The number of rotatable bonds is 6. The number of carbonyl (C=O) groups excluding carboxylic acids is 1. The average Bonchev–Trinajstić information content (AvgIpc) is 3.24. The summed E-state index contributed by atoms with van der Waals surface area (Å²) in [6, 6.07) is 15.5. The fourth-order valence-corrected chi connectivity index (χ4v) is 3.80. The third-order valence-corrected chi connectivity index (χ3v) is 5.44. The van der Waals surface area contributed by atoms with Crippen LogP contribution in [0.4, 0.5) is 5.69 Å². The number of benzene rings is 2. The molecule has 0 radical (unpaired) electrons. The van der Waals surface area contributed by atoms with E-state index in [1.807, 2.05) is 36.4 Å². The van der Waals surface area contributed by atoms with E-state index in [2.05, 4.69) is 22.3 Å². The maximum Gasteiger partial charge on any atom is 0.255 e. The van der Waals surface area contributed by atoms with E-state index in [9.17, 15) is 4.79 Å². The van der Waals surface area contributed by atoms with Gasteiger partial charge in [0, 0.05) is 30.9 Å². The summed E-state index contributed by atoms with van der Waals surface area (Å²) in [6.07, 6.45) is 5.08. The summed E-state index contributed by atoms with van der Waals surface area (Å²) in [7, 11) is 0. The van der Waals surface area contributed by atoms with Gasteiger partial charge >= 0.3 is 0 Å². The molecule has 0 aromatic heterocycles. The molecule has 2 aromatic carbocycles. The van der Waals surface area contributed by atoms with Gasteiger partial charge in [-0.05, 0) is 67.6 Å². The number of hydrogen-bond donors (Lipinski definition) is 1. The van der Waals surface area contributed by atoms with E-state index in [-0.39, 0.29) is 5.91 Å². The third kappa shape index (κ3) is 5.12. The predicted molar refractivity (Wildman–Crippen MR) is 110 cm³/mol. The molecule has 2 fully saturated rings. The minimum absolute atomic E-state index is 0.103. The van der Waals surface area contributed by atoms with Crippen molar-refractivity contribution in [1.29, 1.82) is 0 Å². The van der Waals surface area contributed by atoms with Crippen molar-refractivity contribution in [2.24, 2.45) is 0 Å². The highest BCUT2D eigenvalue weighted by Gasteiger charge is 2.16. The molecule has 0 unspecified atom stereocenters. The average molecular weight is 380 g/mol. The van der Waals surface area contributed by atoms with Gasteiger partial charge in [-0.25, -0.2) is 0 Å². The number of amides is 1. The molecule has 1 aliphatic heterocycles. The number of carbonyl (C=O) groups is 1. The van der Waals surface area contributed by atoms with Crippen LogP contribution in [-0.4, -0.2) is 43.2 Å². The van der Waals surface area contributed by atoms with E-state index in [0.717, 1.165) is 57.1 Å². The second-order valence-electron chi connectivity index (χ2n) is 7.59. The minimum atomic E-state index is -0.103. The van der Waals surface area contributed by atoms with E-state index in [4.69, 9.17) is 9.47 Å². The first-order chi connectivity index (χ1) is 13.8. The van der Waals surface area contributed by atoms with Gasteiger partial charge in [0.15, 0.2) is 0 Å². The van der Waals surface area contributed by atoms with Crippen LogP contribution in [0.5, 0.6) is 5.75 Å². The van der Waals surface area contributed by atoms with Crippen LogP contribution in [0.2, 0.25) is 0 Å². The molecule has 0 atom stereocenters. The molecule has 148 valence electrons. The third-order valence-electron chi connectivity index (χ3n) is 5.44. The Morgan fingerprint density at radius 1 is 1.00 bits per heavy atom. The van der Waals surface area contributed by atoms with Crippen molar-refractivity contribution in [2.75, 3.05) is 31.6 Å². The highest BCUT2D eigenvalue weighted by Crippen LogP contribution is 2.24. The molecule has 0 bridgehead atoms. The lowest BCUT2D eigenvalue weighted by atomic mass is 10.1. The topological polar surface area (TPSA) is 50.8 Å². The highest BCUT2D eigenvalue weighted by molar-refractivity contribution is 6.04.